The first-order chi connectivity index (χ1) is 11.7. The second-order valence-electron chi connectivity index (χ2n) is 5.35. The number of nitrogen functional groups attached to an aromatic ring is 1. The summed E-state index contributed by atoms with van der Waals surface area (Å²) < 4.78 is 5.10. The molecule has 4 nitrogen and oxygen atoms in total. The molecule has 1 amide bonds. The van der Waals surface area contributed by atoms with E-state index in [1.54, 1.807) is 37.4 Å². The number of carbonyl (C=O) groups excluding carboxylic acids is 1. The quantitative estimate of drug-likeness (QED) is 0.709. The molecule has 0 fully saturated rings. The van der Waals surface area contributed by atoms with E-state index >= 15 is 0 Å². The van der Waals surface area contributed by atoms with Crippen LogP contribution in [0.2, 0.25) is 0 Å². The van der Waals surface area contributed by atoms with Crippen LogP contribution in [-0.4, -0.2) is 13.0 Å². The largest absolute Gasteiger partial charge is 0.497 e. The lowest BCUT2D eigenvalue weighted by atomic mass is 10.0. The number of anilines is 2. The van der Waals surface area contributed by atoms with Gasteiger partial charge in [-0.05, 0) is 35.4 Å². The summed E-state index contributed by atoms with van der Waals surface area (Å²) in [5.41, 5.74) is 9.71. The predicted octanol–water partition coefficient (Wildman–Crippen LogP) is 4.20. The summed E-state index contributed by atoms with van der Waals surface area (Å²) in [5.74, 6) is 0.448. The summed E-state index contributed by atoms with van der Waals surface area (Å²) in [6.45, 7) is 0. The Hall–Kier alpha value is -3.27. The number of hydrogen-bond donors (Lipinski definition) is 2. The predicted molar refractivity (Wildman–Crippen MR) is 97.2 cm³/mol. The van der Waals surface area contributed by atoms with Gasteiger partial charge in [0, 0.05) is 11.6 Å². The third-order valence-electron chi connectivity index (χ3n) is 3.76. The number of benzene rings is 3. The fraction of sp³-hybridized carbons (Fsp3) is 0.0500. The molecule has 0 radical (unpaired) electrons. The number of ether oxygens (including phenoxy) is 1. The van der Waals surface area contributed by atoms with Gasteiger partial charge in [0.1, 0.15) is 5.75 Å². The number of rotatable bonds is 4. The van der Waals surface area contributed by atoms with E-state index in [-0.39, 0.29) is 5.91 Å². The standard InChI is InChI=1S/C20H18N2O2/c1-24-17-11-12-19(18(21)13-17)22-20(23)16-9-7-15(8-10-16)14-5-3-2-4-6-14/h2-13H,21H2,1H3,(H,22,23). The van der Waals surface area contributed by atoms with E-state index in [1.807, 2.05) is 42.5 Å². The van der Waals surface area contributed by atoms with Crippen LogP contribution in [0.15, 0.2) is 72.8 Å². The van der Waals surface area contributed by atoms with E-state index in [4.69, 9.17) is 10.5 Å². The maximum Gasteiger partial charge on any atom is 0.255 e. The molecule has 0 heterocycles. The van der Waals surface area contributed by atoms with E-state index in [9.17, 15) is 4.79 Å². The minimum Gasteiger partial charge on any atom is -0.497 e. The van der Waals surface area contributed by atoms with Gasteiger partial charge in [-0.25, -0.2) is 0 Å². The van der Waals surface area contributed by atoms with Crippen molar-refractivity contribution in [1.29, 1.82) is 0 Å². The van der Waals surface area contributed by atoms with Crippen LogP contribution in [0.5, 0.6) is 5.75 Å². The number of amides is 1. The first kappa shape index (κ1) is 15.6. The molecule has 3 rings (SSSR count). The molecule has 0 saturated carbocycles. The molecule has 0 bridgehead atoms. The summed E-state index contributed by atoms with van der Waals surface area (Å²) in [6.07, 6.45) is 0. The van der Waals surface area contributed by atoms with Crippen LogP contribution in [0.25, 0.3) is 11.1 Å². The van der Waals surface area contributed by atoms with Crippen molar-refractivity contribution in [2.24, 2.45) is 0 Å². The van der Waals surface area contributed by atoms with Crippen molar-refractivity contribution in [2.75, 3.05) is 18.2 Å². The SMILES string of the molecule is COc1ccc(NC(=O)c2ccc(-c3ccccc3)cc2)c(N)c1. The lowest BCUT2D eigenvalue weighted by Gasteiger charge is -2.10. The fourth-order valence-corrected chi connectivity index (χ4v) is 2.42. The Morgan fingerprint density at radius 3 is 2.21 bits per heavy atom. The van der Waals surface area contributed by atoms with Gasteiger partial charge in [0.2, 0.25) is 0 Å². The van der Waals surface area contributed by atoms with Gasteiger partial charge in [-0.1, -0.05) is 42.5 Å². The molecule has 0 spiro atoms. The molecule has 3 N–H and O–H groups in total. The Morgan fingerprint density at radius 1 is 0.917 bits per heavy atom. The first-order valence-corrected chi connectivity index (χ1v) is 7.58. The van der Waals surface area contributed by atoms with Crippen LogP contribution >= 0.6 is 0 Å². The monoisotopic (exact) mass is 318 g/mol. The number of methoxy groups -OCH3 is 1. The van der Waals surface area contributed by atoms with E-state index in [0.29, 0.717) is 22.7 Å². The third kappa shape index (κ3) is 3.38. The second kappa shape index (κ2) is 6.87. The maximum absolute atomic E-state index is 12.4. The molecule has 0 atom stereocenters. The second-order valence-corrected chi connectivity index (χ2v) is 5.35. The zero-order valence-corrected chi connectivity index (χ0v) is 13.3. The van der Waals surface area contributed by atoms with E-state index < -0.39 is 0 Å². The molecular weight excluding hydrogens is 300 g/mol. The molecule has 0 aliphatic rings. The van der Waals surface area contributed by atoms with E-state index in [0.717, 1.165) is 11.1 Å². The molecule has 0 unspecified atom stereocenters. The average Bonchev–Trinajstić information content (AvgIpc) is 2.64. The fourth-order valence-electron chi connectivity index (χ4n) is 2.42. The highest BCUT2D eigenvalue weighted by molar-refractivity contribution is 6.06. The molecule has 0 aliphatic carbocycles. The van der Waals surface area contributed by atoms with Crippen molar-refractivity contribution < 1.29 is 9.53 Å². The van der Waals surface area contributed by atoms with E-state index in [1.165, 1.54) is 0 Å². The van der Waals surface area contributed by atoms with Gasteiger partial charge in [0.15, 0.2) is 0 Å². The van der Waals surface area contributed by atoms with Crippen molar-refractivity contribution in [3.63, 3.8) is 0 Å². The molecule has 0 aliphatic heterocycles. The van der Waals surface area contributed by atoms with Gasteiger partial charge in [-0.15, -0.1) is 0 Å². The minimum absolute atomic E-state index is 0.202. The summed E-state index contributed by atoms with van der Waals surface area (Å²) in [7, 11) is 1.57. The number of nitrogens with one attached hydrogen (secondary N) is 1. The zero-order chi connectivity index (χ0) is 16.9. The minimum atomic E-state index is -0.202. The Kier molecular flexibility index (Phi) is 4.47. The Labute approximate surface area is 140 Å². The van der Waals surface area contributed by atoms with Crippen LogP contribution in [0.4, 0.5) is 11.4 Å². The van der Waals surface area contributed by atoms with Crippen molar-refractivity contribution in [2.45, 2.75) is 0 Å². The number of hydrogen-bond acceptors (Lipinski definition) is 3. The van der Waals surface area contributed by atoms with E-state index in [2.05, 4.69) is 5.32 Å². The van der Waals surface area contributed by atoms with Crippen LogP contribution in [0.1, 0.15) is 10.4 Å². The Bertz CT molecular complexity index is 843. The molecule has 0 saturated heterocycles. The molecule has 4 heteroatoms. The molecular formula is C20H18N2O2. The normalized spacial score (nSPS) is 10.2. The highest BCUT2D eigenvalue weighted by Crippen LogP contribution is 2.25. The summed E-state index contributed by atoms with van der Waals surface area (Å²) >= 11 is 0. The smallest absolute Gasteiger partial charge is 0.255 e. The van der Waals surface area contributed by atoms with Gasteiger partial charge in [-0.3, -0.25) is 4.79 Å². The summed E-state index contributed by atoms with van der Waals surface area (Å²) in [5, 5.41) is 2.82. The van der Waals surface area contributed by atoms with Crippen LogP contribution in [0.3, 0.4) is 0 Å². The van der Waals surface area contributed by atoms with Crippen LogP contribution in [-0.2, 0) is 0 Å². The van der Waals surface area contributed by atoms with Crippen molar-refractivity contribution in [1.82, 2.24) is 0 Å². The van der Waals surface area contributed by atoms with Crippen molar-refractivity contribution >= 4 is 17.3 Å². The highest BCUT2D eigenvalue weighted by atomic mass is 16.5. The number of nitrogens with two attached hydrogens (primary N) is 1. The third-order valence-corrected chi connectivity index (χ3v) is 3.76. The van der Waals surface area contributed by atoms with Crippen LogP contribution in [0, 0.1) is 0 Å². The topological polar surface area (TPSA) is 64.3 Å². The lowest BCUT2D eigenvalue weighted by molar-refractivity contribution is 0.102. The van der Waals surface area contributed by atoms with Gasteiger partial charge in [-0.2, -0.15) is 0 Å². The molecule has 120 valence electrons. The van der Waals surface area contributed by atoms with Crippen molar-refractivity contribution in [3.05, 3.63) is 78.4 Å². The molecule has 0 aromatic heterocycles. The summed E-state index contributed by atoms with van der Waals surface area (Å²) in [6, 6.07) is 22.6. The van der Waals surface area contributed by atoms with Gasteiger partial charge >= 0.3 is 0 Å². The average molecular weight is 318 g/mol. The maximum atomic E-state index is 12.4. The Balaban J connectivity index is 1.76. The molecule has 3 aromatic rings. The molecule has 3 aromatic carbocycles. The first-order valence-electron chi connectivity index (χ1n) is 7.58. The van der Waals surface area contributed by atoms with Gasteiger partial charge < -0.3 is 15.8 Å². The van der Waals surface area contributed by atoms with Crippen LogP contribution < -0.4 is 15.8 Å². The molecule has 24 heavy (non-hydrogen) atoms. The summed E-state index contributed by atoms with van der Waals surface area (Å²) in [4.78, 5) is 12.4. The zero-order valence-electron chi connectivity index (χ0n) is 13.3. The Morgan fingerprint density at radius 2 is 1.58 bits per heavy atom. The van der Waals surface area contributed by atoms with Crippen molar-refractivity contribution in [3.8, 4) is 16.9 Å². The number of carbonyl (C=O) groups is 1. The van der Waals surface area contributed by atoms with Gasteiger partial charge in [0.05, 0.1) is 18.5 Å². The highest BCUT2D eigenvalue weighted by Gasteiger charge is 2.09. The lowest BCUT2D eigenvalue weighted by Crippen LogP contribution is -2.13. The van der Waals surface area contributed by atoms with Gasteiger partial charge in [0.25, 0.3) is 5.91 Å².